The van der Waals surface area contributed by atoms with Crippen molar-refractivity contribution in [3.05, 3.63) is 62.3 Å². The van der Waals surface area contributed by atoms with Gasteiger partial charge >= 0.3 is 0 Å². The van der Waals surface area contributed by atoms with E-state index in [1.54, 1.807) is 18.2 Å². The van der Waals surface area contributed by atoms with Crippen molar-refractivity contribution in [3.63, 3.8) is 0 Å². The molecule has 0 unspecified atom stereocenters. The average Bonchev–Trinajstić information content (AvgIpc) is 2.33. The van der Waals surface area contributed by atoms with Crippen LogP contribution in [0.15, 0.2) is 40.9 Å². The summed E-state index contributed by atoms with van der Waals surface area (Å²) in [5.74, 6) is -0.833. The van der Waals surface area contributed by atoms with Crippen LogP contribution < -0.4 is 5.32 Å². The van der Waals surface area contributed by atoms with Gasteiger partial charge in [0.05, 0.1) is 16.3 Å². The van der Waals surface area contributed by atoms with Crippen molar-refractivity contribution < 1.29 is 9.18 Å². The second-order valence-electron chi connectivity index (χ2n) is 3.70. The van der Waals surface area contributed by atoms with Gasteiger partial charge in [0.15, 0.2) is 0 Å². The normalized spacial score (nSPS) is 10.3. The highest BCUT2D eigenvalue weighted by Crippen LogP contribution is 2.27. The predicted molar refractivity (Wildman–Crippen MR) is 78.5 cm³/mol. The Morgan fingerprint density at radius 3 is 2.58 bits per heavy atom. The molecule has 1 N–H and O–H groups in total. The van der Waals surface area contributed by atoms with E-state index in [1.165, 1.54) is 18.2 Å². The molecule has 2 aromatic carbocycles. The Bertz CT molecular complexity index is 649. The van der Waals surface area contributed by atoms with Crippen molar-refractivity contribution >= 4 is 50.7 Å². The predicted octanol–water partition coefficient (Wildman–Crippen LogP) is 5.15. The van der Waals surface area contributed by atoms with Gasteiger partial charge in [-0.3, -0.25) is 4.79 Å². The van der Waals surface area contributed by atoms with Gasteiger partial charge in [-0.05, 0) is 52.3 Å². The number of anilines is 1. The van der Waals surface area contributed by atoms with Crippen molar-refractivity contribution in [1.82, 2.24) is 0 Å². The van der Waals surface area contributed by atoms with E-state index < -0.39 is 11.7 Å². The molecule has 0 fully saturated rings. The lowest BCUT2D eigenvalue weighted by molar-refractivity contribution is 0.102. The van der Waals surface area contributed by atoms with E-state index in [-0.39, 0.29) is 0 Å². The molecule has 0 aliphatic rings. The van der Waals surface area contributed by atoms with Crippen molar-refractivity contribution in [1.29, 1.82) is 0 Å². The molecule has 1 amide bonds. The molecule has 6 heteroatoms. The van der Waals surface area contributed by atoms with E-state index in [9.17, 15) is 9.18 Å². The molecular weight excluding hydrogens is 356 g/mol. The minimum Gasteiger partial charge on any atom is -0.321 e. The van der Waals surface area contributed by atoms with E-state index in [0.717, 1.165) is 0 Å². The molecule has 19 heavy (non-hydrogen) atoms. The van der Waals surface area contributed by atoms with Crippen molar-refractivity contribution in [2.24, 2.45) is 0 Å². The van der Waals surface area contributed by atoms with Crippen molar-refractivity contribution in [2.45, 2.75) is 0 Å². The summed E-state index contributed by atoms with van der Waals surface area (Å²) in [4.78, 5) is 12.0. The van der Waals surface area contributed by atoms with Crippen LogP contribution in [0.4, 0.5) is 10.1 Å². The summed E-state index contributed by atoms with van der Waals surface area (Å²) in [7, 11) is 0. The summed E-state index contributed by atoms with van der Waals surface area (Å²) in [6.07, 6.45) is 0. The summed E-state index contributed by atoms with van der Waals surface area (Å²) >= 11 is 14.9. The molecule has 2 aromatic rings. The topological polar surface area (TPSA) is 29.1 Å². The molecule has 0 saturated carbocycles. The van der Waals surface area contributed by atoms with E-state index in [4.69, 9.17) is 23.2 Å². The third-order valence-corrected chi connectivity index (χ3v) is 3.57. The lowest BCUT2D eigenvalue weighted by atomic mass is 10.2. The zero-order valence-electron chi connectivity index (χ0n) is 9.38. The van der Waals surface area contributed by atoms with E-state index in [2.05, 4.69) is 21.2 Å². The Kier molecular flexibility index (Phi) is 4.45. The number of nitrogens with one attached hydrogen (secondary N) is 1. The highest BCUT2D eigenvalue weighted by Gasteiger charge is 2.12. The molecule has 0 bridgehead atoms. The molecule has 0 spiro atoms. The molecule has 0 radical (unpaired) electrons. The average molecular weight is 363 g/mol. The van der Waals surface area contributed by atoms with Crippen LogP contribution >= 0.6 is 39.1 Å². The fraction of sp³-hybridized carbons (Fsp3) is 0. The number of amides is 1. The quantitative estimate of drug-likeness (QED) is 0.786. The van der Waals surface area contributed by atoms with Crippen LogP contribution in [-0.4, -0.2) is 5.91 Å². The van der Waals surface area contributed by atoms with Crippen molar-refractivity contribution in [3.8, 4) is 0 Å². The molecule has 0 heterocycles. The fourth-order valence-corrected chi connectivity index (χ4v) is 2.32. The summed E-state index contributed by atoms with van der Waals surface area (Å²) in [5, 5.41) is 3.45. The minimum absolute atomic E-state index is 0.303. The van der Waals surface area contributed by atoms with Gasteiger partial charge in [-0.15, -0.1) is 0 Å². The van der Waals surface area contributed by atoms with Gasteiger partial charge < -0.3 is 5.32 Å². The summed E-state index contributed by atoms with van der Waals surface area (Å²) in [6.45, 7) is 0. The summed E-state index contributed by atoms with van der Waals surface area (Å²) in [5.41, 5.74) is 0.702. The summed E-state index contributed by atoms with van der Waals surface area (Å²) < 4.78 is 13.3. The first-order valence-electron chi connectivity index (χ1n) is 5.19. The van der Waals surface area contributed by atoms with E-state index in [0.29, 0.717) is 25.8 Å². The molecule has 98 valence electrons. The Hall–Kier alpha value is -1.10. The first-order chi connectivity index (χ1) is 8.97. The van der Waals surface area contributed by atoms with Gasteiger partial charge in [0, 0.05) is 9.50 Å². The third kappa shape index (κ3) is 3.47. The molecule has 0 aliphatic carbocycles. The lowest BCUT2D eigenvalue weighted by Crippen LogP contribution is -2.13. The summed E-state index contributed by atoms with van der Waals surface area (Å²) in [6, 6.07) is 8.55. The molecule has 0 aliphatic heterocycles. The van der Waals surface area contributed by atoms with Crippen LogP contribution in [0.1, 0.15) is 10.4 Å². The first-order valence-corrected chi connectivity index (χ1v) is 6.74. The smallest absolute Gasteiger partial charge is 0.256 e. The maximum absolute atomic E-state index is 13.0. The lowest BCUT2D eigenvalue weighted by Gasteiger charge is -2.09. The van der Waals surface area contributed by atoms with Gasteiger partial charge in [0.2, 0.25) is 0 Å². The zero-order chi connectivity index (χ0) is 14.0. The largest absolute Gasteiger partial charge is 0.321 e. The SMILES string of the molecule is O=C(Nc1cc(Cl)ccc1Cl)c1ccc(F)cc1Br. The molecule has 0 saturated heterocycles. The number of hydrogen-bond donors (Lipinski definition) is 1. The number of carbonyl (C=O) groups excluding carboxylic acids is 1. The highest BCUT2D eigenvalue weighted by atomic mass is 79.9. The number of carbonyl (C=O) groups is 1. The minimum atomic E-state index is -0.427. The molecule has 0 atom stereocenters. The van der Waals surface area contributed by atoms with Crippen molar-refractivity contribution in [2.75, 3.05) is 5.32 Å². The molecule has 2 nitrogen and oxygen atoms in total. The van der Waals surface area contributed by atoms with E-state index in [1.807, 2.05) is 0 Å². The van der Waals surface area contributed by atoms with Gasteiger partial charge in [0.25, 0.3) is 5.91 Å². The number of halogens is 4. The van der Waals surface area contributed by atoms with Crippen LogP contribution in [0, 0.1) is 5.82 Å². The van der Waals surface area contributed by atoms with Crippen LogP contribution in [0.5, 0.6) is 0 Å². The van der Waals surface area contributed by atoms with Gasteiger partial charge in [-0.25, -0.2) is 4.39 Å². The maximum Gasteiger partial charge on any atom is 0.256 e. The van der Waals surface area contributed by atoms with Crippen LogP contribution in [0.3, 0.4) is 0 Å². The second kappa shape index (κ2) is 5.90. The Balaban J connectivity index is 2.28. The standard InChI is InChI=1S/C13H7BrCl2FNO/c14-10-6-8(17)2-3-9(10)13(19)18-12-5-7(15)1-4-11(12)16/h1-6H,(H,18,19). The maximum atomic E-state index is 13.0. The molecule has 2 rings (SSSR count). The van der Waals surface area contributed by atoms with Gasteiger partial charge in [0.1, 0.15) is 5.82 Å². The second-order valence-corrected chi connectivity index (χ2v) is 5.40. The number of benzene rings is 2. The third-order valence-electron chi connectivity index (χ3n) is 2.35. The van der Waals surface area contributed by atoms with Crippen LogP contribution in [-0.2, 0) is 0 Å². The van der Waals surface area contributed by atoms with Crippen LogP contribution in [0.2, 0.25) is 10.0 Å². The highest BCUT2D eigenvalue weighted by molar-refractivity contribution is 9.10. The molecule has 0 aromatic heterocycles. The van der Waals surface area contributed by atoms with Gasteiger partial charge in [-0.1, -0.05) is 23.2 Å². The number of hydrogen-bond acceptors (Lipinski definition) is 1. The van der Waals surface area contributed by atoms with E-state index >= 15 is 0 Å². The number of rotatable bonds is 2. The molecular formula is C13H7BrCl2FNO. The Morgan fingerprint density at radius 2 is 1.89 bits per heavy atom. The Morgan fingerprint density at radius 1 is 1.16 bits per heavy atom. The monoisotopic (exact) mass is 361 g/mol. The fourth-order valence-electron chi connectivity index (χ4n) is 1.46. The zero-order valence-corrected chi connectivity index (χ0v) is 12.5. The first kappa shape index (κ1) is 14.3. The Labute approximate surface area is 127 Å². The van der Waals surface area contributed by atoms with Gasteiger partial charge in [-0.2, -0.15) is 0 Å². The van der Waals surface area contributed by atoms with Crippen LogP contribution in [0.25, 0.3) is 0 Å².